The van der Waals surface area contributed by atoms with Crippen LogP contribution in [0.3, 0.4) is 0 Å². The molecule has 1 N–H and O–H groups in total. The number of hydrogen-bond acceptors (Lipinski definition) is 7. The standard InChI is InChI=1S/C25H28BrN3O6S/c1-3-34-23(30)7-5-4-6-15-29(20-11-8-18(26)9-12-20)36(32)22-17-19(10-13-21(22)33-2)28-24(31)25-27-14-16-35-25/h8-14,16-17H,3-7,15H2,1-2H3,(H,28,31). The van der Waals surface area contributed by atoms with E-state index in [2.05, 4.69) is 26.2 Å². The number of amides is 1. The van der Waals surface area contributed by atoms with Gasteiger partial charge in [-0.25, -0.2) is 9.19 Å². The van der Waals surface area contributed by atoms with Crippen molar-refractivity contribution in [3.05, 3.63) is 65.3 Å². The van der Waals surface area contributed by atoms with Crippen molar-refractivity contribution in [2.24, 2.45) is 0 Å². The molecule has 1 aromatic heterocycles. The molecule has 2 aromatic carbocycles. The van der Waals surface area contributed by atoms with E-state index in [0.717, 1.165) is 16.6 Å². The third-order valence-corrected chi connectivity index (χ3v) is 7.12. The second-order valence-corrected chi connectivity index (χ2v) is 9.89. The average molecular weight is 578 g/mol. The van der Waals surface area contributed by atoms with Crippen molar-refractivity contribution in [2.45, 2.75) is 37.5 Å². The number of methoxy groups -OCH3 is 1. The molecule has 1 atom stereocenters. The van der Waals surface area contributed by atoms with Crippen molar-refractivity contribution in [1.82, 2.24) is 4.98 Å². The molecule has 0 aliphatic carbocycles. The molecule has 1 amide bonds. The molecular weight excluding hydrogens is 550 g/mol. The lowest BCUT2D eigenvalue weighted by Gasteiger charge is -2.25. The molecule has 11 heteroatoms. The zero-order valence-corrected chi connectivity index (χ0v) is 22.5. The number of carbonyl (C=O) groups excluding carboxylic acids is 2. The topological polar surface area (TPSA) is 111 Å². The van der Waals surface area contributed by atoms with E-state index >= 15 is 0 Å². The van der Waals surface area contributed by atoms with Crippen LogP contribution < -0.4 is 14.4 Å². The summed E-state index contributed by atoms with van der Waals surface area (Å²) < 4.78 is 32.0. The fraction of sp³-hybridized carbons (Fsp3) is 0.320. The van der Waals surface area contributed by atoms with E-state index in [9.17, 15) is 13.8 Å². The first-order chi connectivity index (χ1) is 17.4. The van der Waals surface area contributed by atoms with Crippen molar-refractivity contribution in [3.63, 3.8) is 0 Å². The summed E-state index contributed by atoms with van der Waals surface area (Å²) in [6, 6.07) is 12.4. The highest BCUT2D eigenvalue weighted by Crippen LogP contribution is 2.31. The molecule has 1 heterocycles. The number of ether oxygens (including phenoxy) is 2. The molecule has 0 fully saturated rings. The third kappa shape index (κ3) is 7.66. The minimum atomic E-state index is -1.66. The van der Waals surface area contributed by atoms with Crippen molar-refractivity contribution in [1.29, 1.82) is 0 Å². The van der Waals surface area contributed by atoms with E-state index in [0.29, 0.717) is 48.7 Å². The maximum atomic E-state index is 13.9. The Kier molecular flexibility index (Phi) is 10.5. The molecule has 0 saturated carbocycles. The smallest absolute Gasteiger partial charge is 0.311 e. The van der Waals surface area contributed by atoms with Crippen LogP contribution in [0.5, 0.6) is 5.75 Å². The molecule has 36 heavy (non-hydrogen) atoms. The Morgan fingerprint density at radius 2 is 1.92 bits per heavy atom. The summed E-state index contributed by atoms with van der Waals surface area (Å²) in [4.78, 5) is 28.2. The van der Waals surface area contributed by atoms with Gasteiger partial charge in [-0.2, -0.15) is 0 Å². The lowest BCUT2D eigenvalue weighted by Crippen LogP contribution is -2.27. The predicted octanol–water partition coefficient (Wildman–Crippen LogP) is 5.35. The van der Waals surface area contributed by atoms with Gasteiger partial charge < -0.3 is 19.2 Å². The summed E-state index contributed by atoms with van der Waals surface area (Å²) in [5.41, 5.74) is 1.19. The quantitative estimate of drug-likeness (QED) is 0.215. The minimum Gasteiger partial charge on any atom is -0.495 e. The summed E-state index contributed by atoms with van der Waals surface area (Å²) in [7, 11) is -0.158. The molecule has 0 aliphatic rings. The summed E-state index contributed by atoms with van der Waals surface area (Å²) in [5.74, 6) is -0.382. The maximum absolute atomic E-state index is 13.9. The molecule has 0 saturated heterocycles. The number of halogens is 1. The highest BCUT2D eigenvalue weighted by atomic mass is 79.9. The number of esters is 1. The molecule has 0 radical (unpaired) electrons. The zero-order chi connectivity index (χ0) is 25.9. The van der Waals surface area contributed by atoms with Crippen molar-refractivity contribution < 1.29 is 27.7 Å². The lowest BCUT2D eigenvalue weighted by atomic mass is 10.2. The van der Waals surface area contributed by atoms with Gasteiger partial charge in [0.1, 0.15) is 16.9 Å². The molecule has 3 aromatic rings. The van der Waals surface area contributed by atoms with Crippen LogP contribution in [0.1, 0.15) is 43.3 Å². The second-order valence-electron chi connectivity index (χ2n) is 7.60. The van der Waals surface area contributed by atoms with Crippen LogP contribution >= 0.6 is 15.9 Å². The Hall–Kier alpha value is -3.18. The van der Waals surface area contributed by atoms with Crippen LogP contribution in [0.4, 0.5) is 11.4 Å². The highest BCUT2D eigenvalue weighted by Gasteiger charge is 2.21. The van der Waals surface area contributed by atoms with Gasteiger partial charge in [-0.1, -0.05) is 22.4 Å². The molecule has 1 unspecified atom stereocenters. The second kappa shape index (κ2) is 13.8. The lowest BCUT2D eigenvalue weighted by molar-refractivity contribution is -0.143. The number of nitrogens with zero attached hydrogens (tertiary/aromatic N) is 2. The van der Waals surface area contributed by atoms with Crippen LogP contribution in [-0.4, -0.2) is 41.3 Å². The zero-order valence-electron chi connectivity index (χ0n) is 20.1. The van der Waals surface area contributed by atoms with Gasteiger partial charge in [-0.3, -0.25) is 13.9 Å². The molecule has 3 rings (SSSR count). The number of rotatable bonds is 13. The Balaban J connectivity index is 1.79. The SMILES string of the molecule is CCOC(=O)CCCCCN(c1ccc(Br)cc1)S(=O)c1cc(NC(=O)c2ncco2)ccc1OC. The molecular formula is C25H28BrN3O6S. The van der Waals surface area contributed by atoms with E-state index in [4.69, 9.17) is 13.9 Å². The molecule has 9 nitrogen and oxygen atoms in total. The molecule has 0 bridgehead atoms. The number of anilines is 2. The summed E-state index contributed by atoms with van der Waals surface area (Å²) in [6.45, 7) is 2.63. The van der Waals surface area contributed by atoms with Crippen LogP contribution in [0.25, 0.3) is 0 Å². The number of aromatic nitrogens is 1. The van der Waals surface area contributed by atoms with Gasteiger partial charge in [-0.15, -0.1) is 0 Å². The van der Waals surface area contributed by atoms with Gasteiger partial charge in [0.05, 0.1) is 19.9 Å². The van der Waals surface area contributed by atoms with E-state index in [-0.39, 0.29) is 11.9 Å². The maximum Gasteiger partial charge on any atom is 0.311 e. The number of oxazole rings is 1. The Morgan fingerprint density at radius 3 is 2.58 bits per heavy atom. The van der Waals surface area contributed by atoms with E-state index in [1.54, 1.807) is 29.4 Å². The number of nitrogens with one attached hydrogen (secondary N) is 1. The van der Waals surface area contributed by atoms with Crippen molar-refractivity contribution in [3.8, 4) is 5.75 Å². The number of benzene rings is 2. The number of carbonyl (C=O) groups is 2. The van der Waals surface area contributed by atoms with Gasteiger partial charge >= 0.3 is 11.9 Å². The largest absolute Gasteiger partial charge is 0.495 e. The molecule has 0 spiro atoms. The first-order valence-corrected chi connectivity index (χ1v) is 13.3. The van der Waals surface area contributed by atoms with Gasteiger partial charge in [0, 0.05) is 28.8 Å². The van der Waals surface area contributed by atoms with Crippen molar-refractivity contribution >= 4 is 50.2 Å². The fourth-order valence-electron chi connectivity index (χ4n) is 3.38. The fourth-order valence-corrected chi connectivity index (χ4v) is 5.04. The average Bonchev–Trinajstić information content (AvgIpc) is 3.42. The highest BCUT2D eigenvalue weighted by molar-refractivity contribution is 9.10. The minimum absolute atomic E-state index is 0.0761. The van der Waals surface area contributed by atoms with E-state index in [1.165, 1.54) is 19.6 Å². The van der Waals surface area contributed by atoms with Gasteiger partial charge in [-0.05, 0) is 62.2 Å². The first kappa shape index (κ1) is 27.4. The third-order valence-electron chi connectivity index (χ3n) is 5.10. The van der Waals surface area contributed by atoms with Gasteiger partial charge in [0.25, 0.3) is 5.89 Å². The first-order valence-electron chi connectivity index (χ1n) is 11.4. The van der Waals surface area contributed by atoms with Crippen LogP contribution in [0.2, 0.25) is 0 Å². The number of hydrogen-bond donors (Lipinski definition) is 1. The Labute approximate surface area is 220 Å². The number of unbranched alkanes of at least 4 members (excludes halogenated alkanes) is 2. The van der Waals surface area contributed by atoms with Crippen LogP contribution in [0.15, 0.2) is 68.7 Å². The van der Waals surface area contributed by atoms with Gasteiger partial charge in [0.15, 0.2) is 11.0 Å². The van der Waals surface area contributed by atoms with Crippen LogP contribution in [0, 0.1) is 0 Å². The molecule has 0 aliphatic heterocycles. The predicted molar refractivity (Wildman–Crippen MR) is 140 cm³/mol. The monoisotopic (exact) mass is 577 g/mol. The molecule has 192 valence electrons. The van der Waals surface area contributed by atoms with E-state index in [1.807, 2.05) is 24.3 Å². The van der Waals surface area contributed by atoms with Crippen LogP contribution in [-0.2, 0) is 20.5 Å². The summed E-state index contributed by atoms with van der Waals surface area (Å²) in [6.07, 6.45) is 5.22. The Morgan fingerprint density at radius 1 is 1.14 bits per heavy atom. The van der Waals surface area contributed by atoms with Gasteiger partial charge in [0.2, 0.25) is 0 Å². The Bertz CT molecular complexity index is 1170. The normalized spacial score (nSPS) is 11.5. The summed E-state index contributed by atoms with van der Waals surface area (Å²) in [5, 5.41) is 2.70. The summed E-state index contributed by atoms with van der Waals surface area (Å²) >= 11 is 3.44. The van der Waals surface area contributed by atoms with E-state index < -0.39 is 16.9 Å². The van der Waals surface area contributed by atoms with Crippen molar-refractivity contribution in [2.75, 3.05) is 29.9 Å².